The summed E-state index contributed by atoms with van der Waals surface area (Å²) in [6.07, 6.45) is 0. The second-order valence-electron chi connectivity index (χ2n) is 7.44. The largest absolute Gasteiger partial charge is 0.497 e. The minimum absolute atomic E-state index is 0.0842. The van der Waals surface area contributed by atoms with Crippen LogP contribution in [0, 0.1) is 11.6 Å². The highest BCUT2D eigenvalue weighted by molar-refractivity contribution is 5.75. The molecule has 0 fully saturated rings. The van der Waals surface area contributed by atoms with E-state index in [1.807, 2.05) is 24.3 Å². The van der Waals surface area contributed by atoms with Crippen molar-refractivity contribution < 1.29 is 32.1 Å². The van der Waals surface area contributed by atoms with Gasteiger partial charge >= 0.3 is 0 Å². The van der Waals surface area contributed by atoms with E-state index < -0.39 is 11.6 Å². The quantitative estimate of drug-likeness (QED) is 0.327. The number of nitrogens with zero attached hydrogens (tertiary/aromatic N) is 2. The maximum Gasteiger partial charge on any atom is 0.299 e. The first-order chi connectivity index (χ1) is 16.4. The smallest absolute Gasteiger partial charge is 0.299 e. The van der Waals surface area contributed by atoms with Crippen LogP contribution in [0.1, 0.15) is 11.1 Å². The molecule has 4 aromatic rings. The van der Waals surface area contributed by atoms with E-state index in [0.29, 0.717) is 36.1 Å². The Hall–Kier alpha value is -4.01. The van der Waals surface area contributed by atoms with Gasteiger partial charge in [0.2, 0.25) is 0 Å². The van der Waals surface area contributed by atoms with Gasteiger partial charge in [0.15, 0.2) is 11.4 Å². The maximum absolute atomic E-state index is 14.3. The number of rotatable bonds is 9. The van der Waals surface area contributed by atoms with Crippen LogP contribution in [-0.4, -0.2) is 33.4 Å². The molecule has 3 aromatic carbocycles. The Bertz CT molecular complexity index is 1250. The van der Waals surface area contributed by atoms with Crippen molar-refractivity contribution in [1.82, 2.24) is 4.98 Å². The van der Waals surface area contributed by atoms with Crippen LogP contribution < -0.4 is 23.8 Å². The fourth-order valence-corrected chi connectivity index (χ4v) is 3.65. The first-order valence-electron chi connectivity index (χ1n) is 10.4. The summed E-state index contributed by atoms with van der Waals surface area (Å²) in [5, 5.41) is 0. The van der Waals surface area contributed by atoms with Crippen LogP contribution in [0.3, 0.4) is 0 Å². The van der Waals surface area contributed by atoms with Gasteiger partial charge in [0.05, 0.1) is 41.5 Å². The lowest BCUT2D eigenvalue weighted by Crippen LogP contribution is -2.23. The van der Waals surface area contributed by atoms with Crippen molar-refractivity contribution >= 4 is 17.1 Å². The number of anilines is 1. The molecule has 1 heterocycles. The van der Waals surface area contributed by atoms with Gasteiger partial charge in [0.1, 0.15) is 34.3 Å². The molecule has 0 amide bonds. The molecule has 0 aliphatic rings. The van der Waals surface area contributed by atoms with Gasteiger partial charge in [-0.15, -0.1) is 0 Å². The minimum Gasteiger partial charge on any atom is -0.497 e. The molecule has 9 heteroatoms. The van der Waals surface area contributed by atoms with Gasteiger partial charge in [0, 0.05) is 35.4 Å². The molecule has 34 heavy (non-hydrogen) atoms. The van der Waals surface area contributed by atoms with Crippen molar-refractivity contribution in [2.45, 2.75) is 13.1 Å². The van der Waals surface area contributed by atoms with Gasteiger partial charge in [-0.05, 0) is 24.3 Å². The number of ether oxygens (including phenoxy) is 4. The van der Waals surface area contributed by atoms with Gasteiger partial charge in [-0.25, -0.2) is 8.78 Å². The molecule has 178 valence electrons. The summed E-state index contributed by atoms with van der Waals surface area (Å²) in [7, 11) is 6.27. The number of oxazole rings is 1. The van der Waals surface area contributed by atoms with Crippen molar-refractivity contribution in [3.63, 3.8) is 0 Å². The van der Waals surface area contributed by atoms with Crippen LogP contribution in [0.5, 0.6) is 23.0 Å². The average Bonchev–Trinajstić information content (AvgIpc) is 3.28. The van der Waals surface area contributed by atoms with E-state index in [9.17, 15) is 8.78 Å². The fraction of sp³-hybridized carbons (Fsp3) is 0.240. The van der Waals surface area contributed by atoms with Crippen molar-refractivity contribution in [2.24, 2.45) is 0 Å². The number of aromatic nitrogens is 1. The predicted octanol–water partition coefficient (Wildman–Crippen LogP) is 5.35. The normalized spacial score (nSPS) is 10.9. The second-order valence-corrected chi connectivity index (χ2v) is 7.44. The van der Waals surface area contributed by atoms with Gasteiger partial charge in [-0.3, -0.25) is 0 Å². The lowest BCUT2D eigenvalue weighted by atomic mass is 10.1. The van der Waals surface area contributed by atoms with Crippen LogP contribution in [0.2, 0.25) is 0 Å². The molecule has 7 nitrogen and oxygen atoms in total. The number of hydrogen-bond donors (Lipinski definition) is 0. The van der Waals surface area contributed by atoms with Gasteiger partial charge in [0.25, 0.3) is 6.01 Å². The van der Waals surface area contributed by atoms with E-state index in [0.717, 1.165) is 23.3 Å². The van der Waals surface area contributed by atoms with Crippen LogP contribution in [0.25, 0.3) is 11.1 Å². The van der Waals surface area contributed by atoms with Crippen LogP contribution >= 0.6 is 0 Å². The topological polar surface area (TPSA) is 66.2 Å². The second kappa shape index (κ2) is 9.86. The Kier molecular flexibility index (Phi) is 6.72. The highest BCUT2D eigenvalue weighted by Gasteiger charge is 2.21. The molecule has 0 unspecified atom stereocenters. The SMILES string of the molecule is COc1ccc(CN(Cc2ccc(OC)cc2OC)c2nc3cc(F)cc(F)c3o2)c(OC)c1. The van der Waals surface area contributed by atoms with Crippen LogP contribution in [0.15, 0.2) is 52.9 Å². The fourth-order valence-electron chi connectivity index (χ4n) is 3.65. The molecular formula is C25H24F2N2O5. The summed E-state index contributed by atoms with van der Waals surface area (Å²) in [4.78, 5) is 6.14. The van der Waals surface area contributed by atoms with Gasteiger partial charge in [-0.2, -0.15) is 4.98 Å². The zero-order valence-corrected chi connectivity index (χ0v) is 19.2. The Balaban J connectivity index is 1.78. The Morgan fingerprint density at radius 2 is 1.32 bits per heavy atom. The number of fused-ring (bicyclic) bond motifs is 1. The molecule has 0 N–H and O–H groups in total. The van der Waals surface area contributed by atoms with E-state index in [1.54, 1.807) is 45.5 Å². The first kappa shape index (κ1) is 23.2. The van der Waals surface area contributed by atoms with Crippen LogP contribution in [-0.2, 0) is 13.1 Å². The molecule has 0 atom stereocenters. The standard InChI is InChI=1S/C25H24F2N2O5/c1-30-18-7-5-15(22(11-18)32-3)13-29(14-16-6-8-19(31-2)12-23(16)33-4)25-28-21-10-17(26)9-20(27)24(21)34-25/h5-12H,13-14H2,1-4H3. The Morgan fingerprint density at radius 1 is 0.765 bits per heavy atom. The van der Waals surface area contributed by atoms with Crippen molar-refractivity contribution in [2.75, 3.05) is 33.3 Å². The monoisotopic (exact) mass is 470 g/mol. The first-order valence-corrected chi connectivity index (χ1v) is 10.4. The summed E-state index contributed by atoms with van der Waals surface area (Å²) in [5.41, 5.74) is 1.58. The zero-order chi connectivity index (χ0) is 24.2. The lowest BCUT2D eigenvalue weighted by Gasteiger charge is -2.23. The molecular weight excluding hydrogens is 446 g/mol. The minimum atomic E-state index is -0.822. The Labute approximate surface area is 195 Å². The number of benzene rings is 3. The average molecular weight is 470 g/mol. The number of methoxy groups -OCH3 is 4. The lowest BCUT2D eigenvalue weighted by molar-refractivity contribution is 0.388. The third-order valence-electron chi connectivity index (χ3n) is 5.38. The molecule has 0 spiro atoms. The molecule has 0 aliphatic heterocycles. The summed E-state index contributed by atoms with van der Waals surface area (Å²) < 4.78 is 55.4. The van der Waals surface area contributed by atoms with Crippen molar-refractivity contribution in [3.8, 4) is 23.0 Å². The highest BCUT2D eigenvalue weighted by Crippen LogP contribution is 2.33. The maximum atomic E-state index is 14.3. The third-order valence-corrected chi connectivity index (χ3v) is 5.38. The highest BCUT2D eigenvalue weighted by atomic mass is 19.1. The van der Waals surface area contributed by atoms with Gasteiger partial charge < -0.3 is 28.3 Å². The van der Waals surface area contributed by atoms with Gasteiger partial charge in [-0.1, -0.05) is 0 Å². The number of hydrogen-bond acceptors (Lipinski definition) is 7. The van der Waals surface area contributed by atoms with Crippen molar-refractivity contribution in [3.05, 3.63) is 71.3 Å². The number of halogens is 2. The summed E-state index contributed by atoms with van der Waals surface area (Å²) >= 11 is 0. The third kappa shape index (κ3) is 4.68. The molecule has 0 bridgehead atoms. The van der Waals surface area contributed by atoms with E-state index in [1.165, 1.54) is 0 Å². The van der Waals surface area contributed by atoms with E-state index >= 15 is 0 Å². The summed E-state index contributed by atoms with van der Waals surface area (Å²) in [6, 6.07) is 12.9. The van der Waals surface area contributed by atoms with E-state index in [4.69, 9.17) is 23.4 Å². The molecule has 0 saturated carbocycles. The molecule has 1 aromatic heterocycles. The molecule has 4 rings (SSSR count). The molecule has 0 radical (unpaired) electrons. The zero-order valence-electron chi connectivity index (χ0n) is 19.2. The van der Waals surface area contributed by atoms with E-state index in [2.05, 4.69) is 4.98 Å². The van der Waals surface area contributed by atoms with E-state index in [-0.39, 0.29) is 17.1 Å². The Morgan fingerprint density at radius 3 is 1.82 bits per heavy atom. The van der Waals surface area contributed by atoms with Crippen molar-refractivity contribution in [1.29, 1.82) is 0 Å². The summed E-state index contributed by atoms with van der Waals surface area (Å²) in [6.45, 7) is 0.582. The van der Waals surface area contributed by atoms with Crippen LogP contribution in [0.4, 0.5) is 14.8 Å². The molecule has 0 aliphatic carbocycles. The summed E-state index contributed by atoms with van der Waals surface area (Å²) in [5.74, 6) is 0.924. The predicted molar refractivity (Wildman–Crippen MR) is 123 cm³/mol. The molecule has 0 saturated heterocycles.